The molecule has 0 unspecified atom stereocenters. The molecular formula is C18H15N3O. The summed E-state index contributed by atoms with van der Waals surface area (Å²) in [5, 5.41) is 0. The van der Waals surface area contributed by atoms with Crippen LogP contribution in [0.3, 0.4) is 0 Å². The number of hydrogen-bond donors (Lipinski definition) is 0. The number of amides is 1. The van der Waals surface area contributed by atoms with Crippen LogP contribution in [0.15, 0.2) is 73.4 Å². The van der Waals surface area contributed by atoms with Crippen molar-refractivity contribution >= 4 is 22.6 Å². The first-order valence-corrected chi connectivity index (χ1v) is 6.99. The molecular weight excluding hydrogens is 274 g/mol. The zero-order chi connectivity index (χ0) is 15.4. The third-order valence-electron chi connectivity index (χ3n) is 3.29. The van der Waals surface area contributed by atoms with E-state index in [4.69, 9.17) is 0 Å². The summed E-state index contributed by atoms with van der Waals surface area (Å²) < 4.78 is 0. The van der Waals surface area contributed by atoms with E-state index in [1.807, 2.05) is 54.6 Å². The zero-order valence-electron chi connectivity index (χ0n) is 12.0. The molecule has 1 aromatic heterocycles. The van der Waals surface area contributed by atoms with Crippen LogP contribution in [0.5, 0.6) is 0 Å². The molecule has 2 aromatic carbocycles. The fourth-order valence-corrected chi connectivity index (χ4v) is 2.24. The smallest absolute Gasteiger partial charge is 0.278 e. The predicted molar refractivity (Wildman–Crippen MR) is 87.9 cm³/mol. The molecule has 0 saturated heterocycles. The molecule has 0 N–H and O–H groups in total. The van der Waals surface area contributed by atoms with Crippen LogP contribution in [0.25, 0.3) is 11.0 Å². The van der Waals surface area contributed by atoms with Crippen molar-refractivity contribution in [2.75, 3.05) is 11.4 Å². The molecule has 4 heteroatoms. The minimum atomic E-state index is -0.190. The van der Waals surface area contributed by atoms with Gasteiger partial charge in [0, 0.05) is 12.2 Å². The maximum atomic E-state index is 12.8. The number of benzene rings is 2. The molecule has 1 heterocycles. The summed E-state index contributed by atoms with van der Waals surface area (Å²) in [6.45, 7) is 4.14. The standard InChI is InChI=1S/C18H15N3O/c1-2-12-21(14-8-4-3-5-9-14)18(22)17-13-19-15-10-6-7-11-16(15)20-17/h2-11,13H,1,12H2. The van der Waals surface area contributed by atoms with Gasteiger partial charge in [-0.15, -0.1) is 6.58 Å². The Kier molecular flexibility index (Phi) is 3.92. The number of para-hydroxylation sites is 3. The topological polar surface area (TPSA) is 46.1 Å². The number of rotatable bonds is 4. The van der Waals surface area contributed by atoms with Crippen molar-refractivity contribution in [3.8, 4) is 0 Å². The van der Waals surface area contributed by atoms with Crippen molar-refractivity contribution in [3.63, 3.8) is 0 Å². The summed E-state index contributed by atoms with van der Waals surface area (Å²) in [6.07, 6.45) is 3.21. The highest BCUT2D eigenvalue weighted by Crippen LogP contribution is 2.17. The summed E-state index contributed by atoms with van der Waals surface area (Å²) in [5.74, 6) is -0.190. The second-order valence-electron chi connectivity index (χ2n) is 4.78. The molecule has 3 aromatic rings. The molecule has 0 spiro atoms. The molecule has 0 aliphatic heterocycles. The van der Waals surface area contributed by atoms with Gasteiger partial charge in [-0.05, 0) is 24.3 Å². The van der Waals surface area contributed by atoms with E-state index in [9.17, 15) is 4.79 Å². The molecule has 108 valence electrons. The van der Waals surface area contributed by atoms with Crippen molar-refractivity contribution in [1.82, 2.24) is 9.97 Å². The molecule has 0 atom stereocenters. The Morgan fingerprint density at radius 2 is 1.73 bits per heavy atom. The van der Waals surface area contributed by atoms with Crippen LogP contribution in [0.4, 0.5) is 5.69 Å². The van der Waals surface area contributed by atoms with Crippen LogP contribution in [0.1, 0.15) is 10.5 Å². The Balaban J connectivity index is 2.00. The highest BCUT2D eigenvalue weighted by Gasteiger charge is 2.18. The molecule has 4 nitrogen and oxygen atoms in total. The van der Waals surface area contributed by atoms with E-state index < -0.39 is 0 Å². The average molecular weight is 289 g/mol. The lowest BCUT2D eigenvalue weighted by Crippen LogP contribution is -2.31. The third kappa shape index (κ3) is 2.72. The second kappa shape index (κ2) is 6.18. The molecule has 22 heavy (non-hydrogen) atoms. The van der Waals surface area contributed by atoms with Crippen LogP contribution in [0, 0.1) is 0 Å². The molecule has 0 bridgehead atoms. The summed E-state index contributed by atoms with van der Waals surface area (Å²) >= 11 is 0. The van der Waals surface area contributed by atoms with Crippen LogP contribution in [-0.2, 0) is 0 Å². The van der Waals surface area contributed by atoms with Gasteiger partial charge in [-0.2, -0.15) is 0 Å². The van der Waals surface area contributed by atoms with E-state index in [-0.39, 0.29) is 5.91 Å². The van der Waals surface area contributed by atoms with E-state index >= 15 is 0 Å². The highest BCUT2D eigenvalue weighted by molar-refractivity contribution is 6.05. The number of anilines is 1. The maximum absolute atomic E-state index is 12.8. The monoisotopic (exact) mass is 289 g/mol. The number of carbonyl (C=O) groups excluding carboxylic acids is 1. The Labute approximate surface area is 128 Å². The Morgan fingerprint density at radius 1 is 1.05 bits per heavy atom. The van der Waals surface area contributed by atoms with Gasteiger partial charge in [0.15, 0.2) is 0 Å². The van der Waals surface area contributed by atoms with Gasteiger partial charge >= 0.3 is 0 Å². The average Bonchev–Trinajstić information content (AvgIpc) is 2.59. The van der Waals surface area contributed by atoms with E-state index in [1.54, 1.807) is 11.0 Å². The van der Waals surface area contributed by atoms with E-state index in [1.165, 1.54) is 6.20 Å². The predicted octanol–water partition coefficient (Wildman–Crippen LogP) is 3.46. The number of nitrogens with zero attached hydrogens (tertiary/aromatic N) is 3. The van der Waals surface area contributed by atoms with Crippen LogP contribution in [-0.4, -0.2) is 22.4 Å². The van der Waals surface area contributed by atoms with Gasteiger partial charge in [-0.25, -0.2) is 4.98 Å². The summed E-state index contributed by atoms with van der Waals surface area (Å²) in [6, 6.07) is 17.0. The van der Waals surface area contributed by atoms with Gasteiger partial charge in [-0.1, -0.05) is 36.4 Å². The Bertz CT molecular complexity index is 815. The molecule has 0 aliphatic rings. The minimum Gasteiger partial charge on any atom is -0.303 e. The third-order valence-corrected chi connectivity index (χ3v) is 3.29. The number of carbonyl (C=O) groups is 1. The van der Waals surface area contributed by atoms with Gasteiger partial charge in [-0.3, -0.25) is 9.78 Å². The van der Waals surface area contributed by atoms with Gasteiger partial charge in [0.1, 0.15) is 5.69 Å². The van der Waals surface area contributed by atoms with Gasteiger partial charge in [0.25, 0.3) is 5.91 Å². The first kappa shape index (κ1) is 13.9. The van der Waals surface area contributed by atoms with Crippen molar-refractivity contribution in [3.05, 3.63) is 79.1 Å². The van der Waals surface area contributed by atoms with Crippen LogP contribution >= 0.6 is 0 Å². The number of hydrogen-bond acceptors (Lipinski definition) is 3. The van der Waals surface area contributed by atoms with Gasteiger partial charge < -0.3 is 4.90 Å². The quantitative estimate of drug-likeness (QED) is 0.691. The first-order valence-electron chi connectivity index (χ1n) is 6.99. The molecule has 0 aliphatic carbocycles. The Morgan fingerprint density at radius 3 is 2.45 bits per heavy atom. The Hall–Kier alpha value is -3.01. The largest absolute Gasteiger partial charge is 0.303 e. The summed E-state index contributed by atoms with van der Waals surface area (Å²) in [4.78, 5) is 23.1. The fourth-order valence-electron chi connectivity index (χ4n) is 2.24. The molecule has 3 rings (SSSR count). The first-order chi connectivity index (χ1) is 10.8. The van der Waals surface area contributed by atoms with E-state index in [2.05, 4.69) is 16.5 Å². The molecule has 0 radical (unpaired) electrons. The molecule has 0 fully saturated rings. The van der Waals surface area contributed by atoms with E-state index in [0.717, 1.165) is 11.2 Å². The van der Waals surface area contributed by atoms with Crippen molar-refractivity contribution in [1.29, 1.82) is 0 Å². The second-order valence-corrected chi connectivity index (χ2v) is 4.78. The minimum absolute atomic E-state index is 0.190. The maximum Gasteiger partial charge on any atom is 0.278 e. The lowest BCUT2D eigenvalue weighted by molar-refractivity contribution is 0.0985. The number of aromatic nitrogens is 2. The lowest BCUT2D eigenvalue weighted by atomic mass is 10.2. The molecule has 1 amide bonds. The van der Waals surface area contributed by atoms with Crippen LogP contribution in [0.2, 0.25) is 0 Å². The molecule has 0 saturated carbocycles. The van der Waals surface area contributed by atoms with Crippen LogP contribution < -0.4 is 4.90 Å². The fraction of sp³-hybridized carbons (Fsp3) is 0.0556. The van der Waals surface area contributed by atoms with Crippen molar-refractivity contribution < 1.29 is 4.79 Å². The van der Waals surface area contributed by atoms with Crippen molar-refractivity contribution in [2.45, 2.75) is 0 Å². The number of fused-ring (bicyclic) bond motifs is 1. The zero-order valence-corrected chi connectivity index (χ0v) is 12.0. The van der Waals surface area contributed by atoms with E-state index in [0.29, 0.717) is 17.8 Å². The summed E-state index contributed by atoms with van der Waals surface area (Å²) in [5.41, 5.74) is 2.61. The SMILES string of the molecule is C=CCN(C(=O)c1cnc2ccccc2n1)c1ccccc1. The van der Waals surface area contributed by atoms with Crippen molar-refractivity contribution in [2.24, 2.45) is 0 Å². The summed E-state index contributed by atoms with van der Waals surface area (Å²) in [7, 11) is 0. The lowest BCUT2D eigenvalue weighted by Gasteiger charge is -2.20. The van der Waals surface area contributed by atoms with Gasteiger partial charge in [0.05, 0.1) is 17.2 Å². The highest BCUT2D eigenvalue weighted by atomic mass is 16.2. The normalized spacial score (nSPS) is 10.4. The van der Waals surface area contributed by atoms with Gasteiger partial charge in [0.2, 0.25) is 0 Å².